The number of pyridine rings is 2. The van der Waals surface area contributed by atoms with Gasteiger partial charge in [0.25, 0.3) is 10.0 Å². The summed E-state index contributed by atoms with van der Waals surface area (Å²) in [4.78, 5) is 8.58. The Morgan fingerprint density at radius 2 is 1.89 bits per heavy atom. The maximum Gasteiger partial charge on any atom is 0.263 e. The van der Waals surface area contributed by atoms with Gasteiger partial charge in [-0.15, -0.1) is 11.3 Å². The molecule has 4 aromatic rings. The van der Waals surface area contributed by atoms with E-state index >= 15 is 0 Å². The lowest BCUT2D eigenvalue weighted by molar-refractivity contribution is 0.457. The Bertz CT molecular complexity index is 1200. The van der Waals surface area contributed by atoms with E-state index in [0.29, 0.717) is 22.7 Å². The zero-order valence-electron chi connectivity index (χ0n) is 14.3. The zero-order chi connectivity index (χ0) is 18.9. The Kier molecular flexibility index (Phi) is 4.51. The van der Waals surface area contributed by atoms with Gasteiger partial charge in [-0.05, 0) is 31.2 Å². The lowest BCUT2D eigenvalue weighted by atomic mass is 10.3. The summed E-state index contributed by atoms with van der Waals surface area (Å²) in [5, 5.41) is 2.35. The summed E-state index contributed by atoms with van der Waals surface area (Å²) in [6, 6.07) is 14.2. The molecule has 0 aliphatic heterocycles. The van der Waals surface area contributed by atoms with E-state index < -0.39 is 10.0 Å². The molecule has 0 spiro atoms. The van der Waals surface area contributed by atoms with Gasteiger partial charge < -0.3 is 4.74 Å². The normalized spacial score (nSPS) is 11.4. The molecular formula is C19H15N3O3S2. The maximum atomic E-state index is 12.7. The number of aromatic nitrogens is 2. The average Bonchev–Trinajstić information content (AvgIpc) is 3.10. The Balaban J connectivity index is 1.55. The van der Waals surface area contributed by atoms with Crippen LogP contribution in [0.2, 0.25) is 0 Å². The third kappa shape index (κ3) is 3.62. The molecule has 0 fully saturated rings. The maximum absolute atomic E-state index is 12.7. The SMILES string of the molecule is Cc1ncccc1Oc1ccc(NS(=O)(=O)c2csc3ccccc23)cn1. The molecule has 3 heterocycles. The monoisotopic (exact) mass is 397 g/mol. The summed E-state index contributed by atoms with van der Waals surface area (Å²) < 4.78 is 34.6. The largest absolute Gasteiger partial charge is 0.437 e. The van der Waals surface area contributed by atoms with Gasteiger partial charge in [0.05, 0.1) is 17.6 Å². The topological polar surface area (TPSA) is 81.2 Å². The molecule has 27 heavy (non-hydrogen) atoms. The molecule has 8 heteroatoms. The summed E-state index contributed by atoms with van der Waals surface area (Å²) in [7, 11) is -3.71. The van der Waals surface area contributed by atoms with Crippen LogP contribution in [0.15, 0.2) is 71.2 Å². The Hall–Kier alpha value is -2.97. The Morgan fingerprint density at radius 3 is 2.67 bits per heavy atom. The van der Waals surface area contributed by atoms with E-state index in [1.165, 1.54) is 17.5 Å². The van der Waals surface area contributed by atoms with Gasteiger partial charge in [-0.2, -0.15) is 0 Å². The molecule has 3 aromatic heterocycles. The number of anilines is 1. The second kappa shape index (κ2) is 6.98. The van der Waals surface area contributed by atoms with Crippen molar-refractivity contribution in [3.8, 4) is 11.6 Å². The molecule has 1 aromatic carbocycles. The number of ether oxygens (including phenoxy) is 1. The van der Waals surface area contributed by atoms with Gasteiger partial charge in [0.15, 0.2) is 5.75 Å². The average molecular weight is 397 g/mol. The van der Waals surface area contributed by atoms with E-state index in [-0.39, 0.29) is 4.90 Å². The molecular weight excluding hydrogens is 382 g/mol. The van der Waals surface area contributed by atoms with Crippen LogP contribution in [0.1, 0.15) is 5.69 Å². The van der Waals surface area contributed by atoms with E-state index in [0.717, 1.165) is 10.4 Å². The highest BCUT2D eigenvalue weighted by atomic mass is 32.2. The number of aryl methyl sites for hydroxylation is 1. The number of hydrogen-bond acceptors (Lipinski definition) is 6. The van der Waals surface area contributed by atoms with Crippen molar-refractivity contribution in [3.63, 3.8) is 0 Å². The van der Waals surface area contributed by atoms with Crippen molar-refractivity contribution in [2.24, 2.45) is 0 Å². The predicted octanol–water partition coefficient (Wildman–Crippen LogP) is 4.59. The molecule has 0 unspecified atom stereocenters. The molecule has 0 radical (unpaired) electrons. The van der Waals surface area contributed by atoms with Crippen molar-refractivity contribution in [1.29, 1.82) is 0 Å². The number of rotatable bonds is 5. The molecule has 0 amide bonds. The van der Waals surface area contributed by atoms with E-state index in [9.17, 15) is 8.42 Å². The summed E-state index contributed by atoms with van der Waals surface area (Å²) in [6.45, 7) is 1.84. The van der Waals surface area contributed by atoms with Crippen LogP contribution in [-0.4, -0.2) is 18.4 Å². The summed E-state index contributed by atoms with van der Waals surface area (Å²) in [6.07, 6.45) is 3.11. The molecule has 4 rings (SSSR count). The second-order valence-corrected chi connectivity index (χ2v) is 8.34. The van der Waals surface area contributed by atoms with Crippen LogP contribution >= 0.6 is 11.3 Å². The van der Waals surface area contributed by atoms with Crippen LogP contribution < -0.4 is 9.46 Å². The number of nitrogens with zero attached hydrogens (tertiary/aromatic N) is 2. The van der Waals surface area contributed by atoms with Crippen molar-refractivity contribution < 1.29 is 13.2 Å². The van der Waals surface area contributed by atoms with Gasteiger partial charge in [-0.25, -0.2) is 13.4 Å². The van der Waals surface area contributed by atoms with E-state index in [1.807, 2.05) is 25.1 Å². The number of thiophene rings is 1. The molecule has 0 saturated carbocycles. The van der Waals surface area contributed by atoms with Gasteiger partial charge in [0.2, 0.25) is 5.88 Å². The predicted molar refractivity (Wildman–Crippen MR) is 106 cm³/mol. The van der Waals surface area contributed by atoms with E-state index in [2.05, 4.69) is 14.7 Å². The van der Waals surface area contributed by atoms with E-state index in [1.54, 1.807) is 41.9 Å². The molecule has 0 aliphatic carbocycles. The standard InChI is InChI=1S/C19H15N3O3S2/c1-13-16(6-4-10-20-13)25-19-9-8-14(11-21-19)22-27(23,24)18-12-26-17-7-3-2-5-15(17)18/h2-12,22H,1H3. The molecule has 0 aliphatic rings. The lowest BCUT2D eigenvalue weighted by Gasteiger charge is -2.09. The molecule has 1 N–H and O–H groups in total. The fourth-order valence-electron chi connectivity index (χ4n) is 2.56. The third-order valence-corrected chi connectivity index (χ3v) is 6.43. The number of fused-ring (bicyclic) bond motifs is 1. The van der Waals surface area contributed by atoms with Crippen molar-refractivity contribution >= 4 is 37.1 Å². The second-order valence-electron chi connectivity index (χ2n) is 5.78. The molecule has 0 bridgehead atoms. The molecule has 6 nitrogen and oxygen atoms in total. The van der Waals surface area contributed by atoms with Crippen molar-refractivity contribution in [2.45, 2.75) is 11.8 Å². The first-order chi connectivity index (χ1) is 13.0. The van der Waals surface area contributed by atoms with Gasteiger partial charge in [0, 0.05) is 27.7 Å². The highest BCUT2D eigenvalue weighted by Crippen LogP contribution is 2.30. The lowest BCUT2D eigenvalue weighted by Crippen LogP contribution is -2.12. The summed E-state index contributed by atoms with van der Waals surface area (Å²) >= 11 is 1.40. The first-order valence-electron chi connectivity index (χ1n) is 8.07. The third-order valence-electron chi connectivity index (χ3n) is 3.90. The number of hydrogen-bond donors (Lipinski definition) is 1. The molecule has 0 atom stereocenters. The van der Waals surface area contributed by atoms with Gasteiger partial charge in [0.1, 0.15) is 4.90 Å². The van der Waals surface area contributed by atoms with Gasteiger partial charge >= 0.3 is 0 Å². The van der Waals surface area contributed by atoms with Gasteiger partial charge in [-0.1, -0.05) is 18.2 Å². The minimum Gasteiger partial charge on any atom is -0.437 e. The number of nitrogens with one attached hydrogen (secondary N) is 1. The van der Waals surface area contributed by atoms with Crippen LogP contribution in [0.4, 0.5) is 5.69 Å². The first kappa shape index (κ1) is 17.4. The zero-order valence-corrected chi connectivity index (χ0v) is 15.9. The Morgan fingerprint density at radius 1 is 1.04 bits per heavy atom. The minimum atomic E-state index is -3.71. The van der Waals surface area contributed by atoms with Crippen LogP contribution in [0.25, 0.3) is 10.1 Å². The van der Waals surface area contributed by atoms with Crippen LogP contribution in [-0.2, 0) is 10.0 Å². The minimum absolute atomic E-state index is 0.259. The molecule has 136 valence electrons. The van der Waals surface area contributed by atoms with Crippen molar-refractivity contribution in [2.75, 3.05) is 4.72 Å². The quantitative estimate of drug-likeness (QED) is 0.532. The first-order valence-corrected chi connectivity index (χ1v) is 10.4. The number of sulfonamides is 1. The summed E-state index contributed by atoms with van der Waals surface area (Å²) in [5.74, 6) is 0.957. The highest BCUT2D eigenvalue weighted by molar-refractivity contribution is 7.93. The van der Waals surface area contributed by atoms with Gasteiger partial charge in [-0.3, -0.25) is 9.71 Å². The van der Waals surface area contributed by atoms with E-state index in [4.69, 9.17) is 4.74 Å². The summed E-state index contributed by atoms with van der Waals surface area (Å²) in [5.41, 5.74) is 1.11. The van der Waals surface area contributed by atoms with Crippen LogP contribution in [0.5, 0.6) is 11.6 Å². The highest BCUT2D eigenvalue weighted by Gasteiger charge is 2.19. The van der Waals surface area contributed by atoms with Crippen molar-refractivity contribution in [1.82, 2.24) is 9.97 Å². The van der Waals surface area contributed by atoms with Crippen molar-refractivity contribution in [3.05, 3.63) is 72.0 Å². The smallest absolute Gasteiger partial charge is 0.263 e. The fraction of sp³-hybridized carbons (Fsp3) is 0.0526. The fourth-order valence-corrected chi connectivity index (χ4v) is 5.11. The molecule has 0 saturated heterocycles. The van der Waals surface area contributed by atoms with Crippen LogP contribution in [0, 0.1) is 6.92 Å². The van der Waals surface area contributed by atoms with Crippen LogP contribution in [0.3, 0.4) is 0 Å². The Labute approximate surface area is 160 Å². The number of benzene rings is 1.